The van der Waals surface area contributed by atoms with Gasteiger partial charge < -0.3 is 9.80 Å². The first-order valence-electron chi connectivity index (χ1n) is 8.11. The van der Waals surface area contributed by atoms with Crippen molar-refractivity contribution in [3.05, 3.63) is 28.8 Å². The third kappa shape index (κ3) is 3.84. The van der Waals surface area contributed by atoms with Gasteiger partial charge in [0.1, 0.15) is 0 Å². The van der Waals surface area contributed by atoms with E-state index in [0.717, 1.165) is 30.1 Å². The number of carbonyl (C=O) groups is 1. The van der Waals surface area contributed by atoms with Crippen LogP contribution in [0.4, 0.5) is 5.69 Å². The molecule has 2 aliphatic rings. The van der Waals surface area contributed by atoms with Crippen LogP contribution < -0.4 is 4.90 Å². The van der Waals surface area contributed by atoms with Gasteiger partial charge in [0.25, 0.3) is 0 Å². The van der Waals surface area contributed by atoms with Gasteiger partial charge in [0.15, 0.2) is 0 Å². The van der Waals surface area contributed by atoms with Crippen LogP contribution in [0.1, 0.15) is 12.0 Å². The van der Waals surface area contributed by atoms with Gasteiger partial charge in [-0.05, 0) is 36.6 Å². The molecule has 8 heteroatoms. The van der Waals surface area contributed by atoms with Crippen LogP contribution in [0.25, 0.3) is 0 Å². The summed E-state index contributed by atoms with van der Waals surface area (Å²) in [5.74, 6) is 0.0472. The van der Waals surface area contributed by atoms with Crippen molar-refractivity contribution >= 4 is 33.2 Å². The minimum absolute atomic E-state index is 0.0472. The summed E-state index contributed by atoms with van der Waals surface area (Å²) in [5, 5.41) is 0.721. The van der Waals surface area contributed by atoms with Gasteiger partial charge in [-0.3, -0.25) is 4.79 Å². The van der Waals surface area contributed by atoms with Gasteiger partial charge >= 0.3 is 0 Å². The van der Waals surface area contributed by atoms with Crippen LogP contribution in [0.3, 0.4) is 0 Å². The lowest BCUT2D eigenvalue weighted by molar-refractivity contribution is -0.130. The van der Waals surface area contributed by atoms with E-state index < -0.39 is 10.0 Å². The van der Waals surface area contributed by atoms with Gasteiger partial charge in [0, 0.05) is 43.4 Å². The Labute approximate surface area is 148 Å². The van der Waals surface area contributed by atoms with E-state index in [9.17, 15) is 13.2 Å². The summed E-state index contributed by atoms with van der Waals surface area (Å²) in [7, 11) is -3.17. The lowest BCUT2D eigenvalue weighted by Gasteiger charge is -2.36. The van der Waals surface area contributed by atoms with Crippen LogP contribution in [0.2, 0.25) is 5.02 Å². The van der Waals surface area contributed by atoms with Crippen molar-refractivity contribution in [1.29, 1.82) is 0 Å². The van der Waals surface area contributed by atoms with Crippen molar-refractivity contribution in [3.63, 3.8) is 0 Å². The topological polar surface area (TPSA) is 60.9 Å². The predicted octanol–water partition coefficient (Wildman–Crippen LogP) is 1.20. The number of benzene rings is 1. The smallest absolute Gasteiger partial charge is 0.242 e. The number of piperazine rings is 1. The molecule has 24 heavy (non-hydrogen) atoms. The van der Waals surface area contributed by atoms with Crippen LogP contribution in [-0.2, 0) is 21.2 Å². The fourth-order valence-electron chi connectivity index (χ4n) is 3.34. The number of sulfonamides is 1. The molecule has 1 saturated heterocycles. The second-order valence-corrected chi connectivity index (χ2v) is 8.76. The zero-order chi connectivity index (χ0) is 17.3. The first kappa shape index (κ1) is 17.5. The Balaban J connectivity index is 1.63. The SMILES string of the molecule is CS(=O)(=O)N1CCN(C(=O)CN2CCCc3cc(Cl)ccc32)CC1. The highest BCUT2D eigenvalue weighted by molar-refractivity contribution is 7.88. The average molecular weight is 372 g/mol. The van der Waals surface area contributed by atoms with Gasteiger partial charge in [-0.1, -0.05) is 11.6 Å². The van der Waals surface area contributed by atoms with Crippen molar-refractivity contribution in [2.24, 2.45) is 0 Å². The summed E-state index contributed by atoms with van der Waals surface area (Å²) in [6, 6.07) is 5.80. The summed E-state index contributed by atoms with van der Waals surface area (Å²) >= 11 is 6.05. The maximum atomic E-state index is 12.6. The van der Waals surface area contributed by atoms with Gasteiger partial charge in [0.2, 0.25) is 15.9 Å². The Hall–Kier alpha value is -1.31. The Morgan fingerprint density at radius 3 is 2.54 bits per heavy atom. The monoisotopic (exact) mass is 371 g/mol. The summed E-state index contributed by atoms with van der Waals surface area (Å²) in [5.41, 5.74) is 2.26. The molecule has 0 unspecified atom stereocenters. The number of aryl methyl sites for hydroxylation is 1. The van der Waals surface area contributed by atoms with Crippen LogP contribution in [0.5, 0.6) is 0 Å². The predicted molar refractivity (Wildman–Crippen MR) is 95.0 cm³/mol. The molecular weight excluding hydrogens is 350 g/mol. The Kier molecular flexibility index (Phi) is 5.03. The molecule has 1 aromatic rings. The number of amides is 1. The van der Waals surface area contributed by atoms with Gasteiger partial charge in [-0.15, -0.1) is 0 Å². The Bertz CT molecular complexity index is 730. The molecule has 0 atom stereocenters. The zero-order valence-electron chi connectivity index (χ0n) is 13.7. The molecule has 0 bridgehead atoms. The number of hydrogen-bond acceptors (Lipinski definition) is 4. The standard InChI is InChI=1S/C16H22ClN3O3S/c1-24(22,23)20-9-7-18(8-10-20)16(21)12-19-6-2-3-13-11-14(17)4-5-15(13)19/h4-5,11H,2-3,6-10,12H2,1H3. The Morgan fingerprint density at radius 2 is 1.88 bits per heavy atom. The van der Waals surface area contributed by atoms with E-state index in [1.54, 1.807) is 4.90 Å². The molecule has 1 aromatic carbocycles. The molecule has 6 nitrogen and oxygen atoms in total. The van der Waals surface area contributed by atoms with E-state index in [1.807, 2.05) is 18.2 Å². The van der Waals surface area contributed by atoms with E-state index in [-0.39, 0.29) is 5.91 Å². The molecule has 0 radical (unpaired) electrons. The summed E-state index contributed by atoms with van der Waals surface area (Å²) in [4.78, 5) is 16.4. The molecule has 0 aromatic heterocycles. The molecule has 0 N–H and O–H groups in total. The number of nitrogens with zero attached hydrogens (tertiary/aromatic N) is 3. The first-order chi connectivity index (χ1) is 11.3. The molecule has 1 fully saturated rings. The number of hydrogen-bond donors (Lipinski definition) is 0. The molecule has 2 aliphatic heterocycles. The summed E-state index contributed by atoms with van der Waals surface area (Å²) < 4.78 is 24.5. The second kappa shape index (κ2) is 6.90. The normalized spacial score (nSPS) is 19.2. The molecule has 132 valence electrons. The van der Waals surface area contributed by atoms with Crippen LogP contribution in [0.15, 0.2) is 18.2 Å². The lowest BCUT2D eigenvalue weighted by Crippen LogP contribution is -2.52. The van der Waals surface area contributed by atoms with E-state index in [2.05, 4.69) is 4.90 Å². The van der Waals surface area contributed by atoms with E-state index in [4.69, 9.17) is 11.6 Å². The molecule has 0 aliphatic carbocycles. The van der Waals surface area contributed by atoms with Crippen LogP contribution in [-0.4, -0.2) is 69.1 Å². The van der Waals surface area contributed by atoms with Crippen molar-refractivity contribution in [2.45, 2.75) is 12.8 Å². The molecule has 2 heterocycles. The van der Waals surface area contributed by atoms with E-state index in [1.165, 1.54) is 16.1 Å². The van der Waals surface area contributed by atoms with Crippen molar-refractivity contribution in [2.75, 3.05) is 50.4 Å². The van der Waals surface area contributed by atoms with Crippen molar-refractivity contribution < 1.29 is 13.2 Å². The molecule has 0 spiro atoms. The zero-order valence-corrected chi connectivity index (χ0v) is 15.3. The lowest BCUT2D eigenvalue weighted by atomic mass is 10.0. The maximum absolute atomic E-state index is 12.6. The first-order valence-corrected chi connectivity index (χ1v) is 10.3. The van der Waals surface area contributed by atoms with E-state index in [0.29, 0.717) is 32.7 Å². The second-order valence-electron chi connectivity index (χ2n) is 6.34. The number of halogens is 1. The highest BCUT2D eigenvalue weighted by Gasteiger charge is 2.27. The minimum Gasteiger partial charge on any atom is -0.362 e. The fourth-order valence-corrected chi connectivity index (χ4v) is 4.36. The van der Waals surface area contributed by atoms with Crippen LogP contribution >= 0.6 is 11.6 Å². The molecular formula is C16H22ClN3O3S. The number of rotatable bonds is 3. The molecule has 0 saturated carbocycles. The highest BCUT2D eigenvalue weighted by Crippen LogP contribution is 2.29. The average Bonchev–Trinajstić information content (AvgIpc) is 2.54. The Morgan fingerprint density at radius 1 is 1.17 bits per heavy atom. The quantitative estimate of drug-likeness (QED) is 0.801. The number of fused-ring (bicyclic) bond motifs is 1. The number of anilines is 1. The third-order valence-electron chi connectivity index (χ3n) is 4.64. The third-order valence-corrected chi connectivity index (χ3v) is 6.18. The van der Waals surface area contributed by atoms with E-state index >= 15 is 0 Å². The summed E-state index contributed by atoms with van der Waals surface area (Å²) in [6.07, 6.45) is 3.19. The van der Waals surface area contributed by atoms with Gasteiger partial charge in [-0.2, -0.15) is 4.31 Å². The minimum atomic E-state index is -3.17. The van der Waals surface area contributed by atoms with Crippen molar-refractivity contribution in [1.82, 2.24) is 9.21 Å². The number of carbonyl (C=O) groups excluding carboxylic acids is 1. The largest absolute Gasteiger partial charge is 0.362 e. The fraction of sp³-hybridized carbons (Fsp3) is 0.562. The highest BCUT2D eigenvalue weighted by atomic mass is 35.5. The maximum Gasteiger partial charge on any atom is 0.242 e. The summed E-state index contributed by atoms with van der Waals surface area (Å²) in [6.45, 7) is 2.82. The molecule has 3 rings (SSSR count). The van der Waals surface area contributed by atoms with Gasteiger partial charge in [-0.25, -0.2) is 8.42 Å². The van der Waals surface area contributed by atoms with Gasteiger partial charge in [0.05, 0.1) is 12.8 Å². The van der Waals surface area contributed by atoms with Crippen LogP contribution in [0, 0.1) is 0 Å². The van der Waals surface area contributed by atoms with Crippen molar-refractivity contribution in [3.8, 4) is 0 Å². The molecule has 1 amide bonds.